The summed E-state index contributed by atoms with van der Waals surface area (Å²) in [4.78, 5) is 23.9. The number of hydrogen-bond acceptors (Lipinski definition) is 5. The van der Waals surface area contributed by atoms with Crippen molar-refractivity contribution in [3.63, 3.8) is 0 Å². The second kappa shape index (κ2) is 7.55. The summed E-state index contributed by atoms with van der Waals surface area (Å²) in [6.07, 6.45) is 0.980. The number of anilines is 1. The lowest BCUT2D eigenvalue weighted by Crippen LogP contribution is -2.54. The topological polar surface area (TPSA) is 117 Å². The van der Waals surface area contributed by atoms with Crippen molar-refractivity contribution < 1.29 is 19.1 Å². The fourth-order valence-corrected chi connectivity index (χ4v) is 2.71. The molecule has 3 rings (SSSR count). The molecule has 0 bridgehead atoms. The van der Waals surface area contributed by atoms with Gasteiger partial charge in [-0.15, -0.1) is 0 Å². The number of ether oxygens (including phenoxy) is 2. The van der Waals surface area contributed by atoms with E-state index in [-0.39, 0.29) is 5.91 Å². The fourth-order valence-electron chi connectivity index (χ4n) is 2.71. The van der Waals surface area contributed by atoms with Crippen molar-refractivity contribution in [3.8, 4) is 11.5 Å². The van der Waals surface area contributed by atoms with Crippen molar-refractivity contribution in [1.29, 1.82) is 0 Å². The number of carbonyl (C=O) groups excluding carboxylic acids is 2. The van der Waals surface area contributed by atoms with Crippen molar-refractivity contribution >= 4 is 17.5 Å². The predicted molar refractivity (Wildman–Crippen MR) is 97.1 cm³/mol. The molecular formula is C19H21N3O4. The number of nitrogens with one attached hydrogen (secondary N) is 1. The number of nitrogens with two attached hydrogens (primary N) is 2. The van der Waals surface area contributed by atoms with E-state index in [1.54, 1.807) is 48.5 Å². The Balaban J connectivity index is 1.67. The van der Waals surface area contributed by atoms with E-state index in [0.717, 1.165) is 0 Å². The molecule has 1 heterocycles. The van der Waals surface area contributed by atoms with Crippen LogP contribution in [-0.2, 0) is 9.53 Å². The quantitative estimate of drug-likeness (QED) is 0.759. The average Bonchev–Trinajstić information content (AvgIpc) is 2.64. The first-order valence-corrected chi connectivity index (χ1v) is 8.33. The third-order valence-corrected chi connectivity index (χ3v) is 4.33. The van der Waals surface area contributed by atoms with Crippen LogP contribution in [0.3, 0.4) is 0 Å². The van der Waals surface area contributed by atoms with Gasteiger partial charge in [0.05, 0.1) is 5.56 Å². The Labute approximate surface area is 151 Å². The molecule has 2 aromatic carbocycles. The van der Waals surface area contributed by atoms with Gasteiger partial charge in [0.2, 0.25) is 5.91 Å². The summed E-state index contributed by atoms with van der Waals surface area (Å²) < 4.78 is 11.0. The van der Waals surface area contributed by atoms with Crippen molar-refractivity contribution in [1.82, 2.24) is 0 Å². The second-order valence-corrected chi connectivity index (χ2v) is 6.21. The van der Waals surface area contributed by atoms with Gasteiger partial charge < -0.3 is 26.3 Å². The number of rotatable bonds is 5. The Bertz CT molecular complexity index is 799. The van der Waals surface area contributed by atoms with Gasteiger partial charge in [0, 0.05) is 18.9 Å². The minimum Gasteiger partial charge on any atom is -0.457 e. The fraction of sp³-hybridized carbons (Fsp3) is 0.263. The van der Waals surface area contributed by atoms with E-state index in [1.807, 2.05) is 0 Å². The van der Waals surface area contributed by atoms with Crippen LogP contribution in [0.5, 0.6) is 11.5 Å². The summed E-state index contributed by atoms with van der Waals surface area (Å²) in [5, 5.41) is 2.82. The molecule has 1 aliphatic rings. The van der Waals surface area contributed by atoms with E-state index >= 15 is 0 Å². The summed E-state index contributed by atoms with van der Waals surface area (Å²) in [6.45, 7) is 0.964. The van der Waals surface area contributed by atoms with E-state index in [9.17, 15) is 9.59 Å². The molecule has 1 fully saturated rings. The van der Waals surface area contributed by atoms with Crippen LogP contribution in [0.25, 0.3) is 0 Å². The molecule has 0 atom stereocenters. The van der Waals surface area contributed by atoms with E-state index in [0.29, 0.717) is 48.8 Å². The van der Waals surface area contributed by atoms with Crippen LogP contribution in [0.2, 0.25) is 0 Å². The zero-order valence-electron chi connectivity index (χ0n) is 14.2. The van der Waals surface area contributed by atoms with Gasteiger partial charge in [0.25, 0.3) is 5.91 Å². The molecule has 26 heavy (non-hydrogen) atoms. The molecule has 0 aliphatic carbocycles. The molecular weight excluding hydrogens is 334 g/mol. The molecule has 2 amide bonds. The van der Waals surface area contributed by atoms with Gasteiger partial charge in [0.1, 0.15) is 17.0 Å². The van der Waals surface area contributed by atoms with Gasteiger partial charge in [-0.2, -0.15) is 0 Å². The maximum absolute atomic E-state index is 12.4. The van der Waals surface area contributed by atoms with Crippen molar-refractivity contribution in [3.05, 3.63) is 54.1 Å². The molecule has 0 spiro atoms. The standard InChI is InChI=1S/C19H21N3O4/c20-17(23)15-3-1-2-4-16(15)26-14-7-5-13(6-8-14)22-18(24)19(21)9-11-25-12-10-19/h1-8H,9-12,21H2,(H2,20,23)(H,22,24). The summed E-state index contributed by atoms with van der Waals surface area (Å²) in [7, 11) is 0. The van der Waals surface area contributed by atoms with Crippen molar-refractivity contribution in [2.75, 3.05) is 18.5 Å². The lowest BCUT2D eigenvalue weighted by atomic mass is 9.90. The Kier molecular flexibility index (Phi) is 5.20. The molecule has 0 saturated carbocycles. The average molecular weight is 355 g/mol. The maximum atomic E-state index is 12.4. The van der Waals surface area contributed by atoms with Crippen LogP contribution >= 0.6 is 0 Å². The van der Waals surface area contributed by atoms with Crippen molar-refractivity contribution in [2.24, 2.45) is 11.5 Å². The van der Waals surface area contributed by atoms with Gasteiger partial charge >= 0.3 is 0 Å². The number of carbonyl (C=O) groups is 2. The largest absolute Gasteiger partial charge is 0.457 e. The molecule has 7 heteroatoms. The third kappa shape index (κ3) is 4.01. The first-order valence-electron chi connectivity index (χ1n) is 8.33. The highest BCUT2D eigenvalue weighted by molar-refractivity contribution is 5.98. The Morgan fingerprint density at radius 2 is 1.69 bits per heavy atom. The number of para-hydroxylation sites is 1. The summed E-state index contributed by atoms with van der Waals surface area (Å²) in [5.74, 6) is 0.105. The molecule has 2 aromatic rings. The van der Waals surface area contributed by atoms with Crippen LogP contribution in [0.1, 0.15) is 23.2 Å². The third-order valence-electron chi connectivity index (χ3n) is 4.33. The van der Waals surface area contributed by atoms with Gasteiger partial charge in [-0.3, -0.25) is 9.59 Å². The van der Waals surface area contributed by atoms with Gasteiger partial charge in [-0.05, 0) is 49.2 Å². The van der Waals surface area contributed by atoms with Crippen LogP contribution in [0.4, 0.5) is 5.69 Å². The molecule has 5 N–H and O–H groups in total. The number of primary amides is 1. The zero-order valence-corrected chi connectivity index (χ0v) is 14.2. The van der Waals surface area contributed by atoms with Gasteiger partial charge in [-0.1, -0.05) is 12.1 Å². The van der Waals surface area contributed by atoms with Crippen LogP contribution < -0.4 is 21.5 Å². The van der Waals surface area contributed by atoms with Crippen molar-refractivity contribution in [2.45, 2.75) is 18.4 Å². The highest BCUT2D eigenvalue weighted by Gasteiger charge is 2.35. The second-order valence-electron chi connectivity index (χ2n) is 6.21. The first-order chi connectivity index (χ1) is 12.5. The smallest absolute Gasteiger partial charge is 0.252 e. The monoisotopic (exact) mass is 355 g/mol. The summed E-state index contributed by atoms with van der Waals surface area (Å²) in [6, 6.07) is 13.5. The lowest BCUT2D eigenvalue weighted by molar-refractivity contribution is -0.124. The Hall–Kier alpha value is -2.90. The lowest BCUT2D eigenvalue weighted by Gasteiger charge is -2.31. The number of amides is 2. The van der Waals surface area contributed by atoms with E-state index in [1.165, 1.54) is 0 Å². The minimum absolute atomic E-state index is 0.228. The van der Waals surface area contributed by atoms with Crippen LogP contribution in [0, 0.1) is 0 Å². The molecule has 0 radical (unpaired) electrons. The van der Waals surface area contributed by atoms with Gasteiger partial charge in [-0.25, -0.2) is 0 Å². The Morgan fingerprint density at radius 1 is 1.04 bits per heavy atom. The minimum atomic E-state index is -0.909. The first kappa shape index (κ1) is 17.9. The highest BCUT2D eigenvalue weighted by Crippen LogP contribution is 2.27. The SMILES string of the molecule is NC(=O)c1ccccc1Oc1ccc(NC(=O)C2(N)CCOCC2)cc1. The Morgan fingerprint density at radius 3 is 2.35 bits per heavy atom. The van der Waals surface area contributed by atoms with E-state index in [4.69, 9.17) is 20.9 Å². The van der Waals surface area contributed by atoms with E-state index < -0.39 is 11.4 Å². The molecule has 7 nitrogen and oxygen atoms in total. The number of hydrogen-bond donors (Lipinski definition) is 3. The zero-order chi connectivity index (χ0) is 18.6. The summed E-state index contributed by atoms with van der Waals surface area (Å²) >= 11 is 0. The highest BCUT2D eigenvalue weighted by atomic mass is 16.5. The number of benzene rings is 2. The predicted octanol–water partition coefficient (Wildman–Crippen LogP) is 2.02. The van der Waals surface area contributed by atoms with Crippen LogP contribution in [-0.4, -0.2) is 30.6 Å². The molecule has 1 aliphatic heterocycles. The maximum Gasteiger partial charge on any atom is 0.252 e. The van der Waals surface area contributed by atoms with E-state index in [2.05, 4.69) is 5.32 Å². The molecule has 0 unspecified atom stereocenters. The summed E-state index contributed by atoms with van der Waals surface area (Å²) in [5.41, 5.74) is 11.5. The molecule has 136 valence electrons. The van der Waals surface area contributed by atoms with Gasteiger partial charge in [0.15, 0.2) is 0 Å². The molecule has 0 aromatic heterocycles. The van der Waals surface area contributed by atoms with Crippen LogP contribution in [0.15, 0.2) is 48.5 Å². The normalized spacial score (nSPS) is 15.9. The molecule has 1 saturated heterocycles.